The van der Waals surface area contributed by atoms with Crippen LogP contribution in [0.3, 0.4) is 0 Å². The Morgan fingerprint density at radius 3 is 2.24 bits per heavy atom. The van der Waals surface area contributed by atoms with Gasteiger partial charge in [-0.3, -0.25) is 0 Å². The minimum absolute atomic E-state index is 0.481. The van der Waals surface area contributed by atoms with E-state index in [2.05, 4.69) is 54.6 Å². The molecule has 3 aromatic carbocycles. The summed E-state index contributed by atoms with van der Waals surface area (Å²) in [5.41, 5.74) is 5.09. The monoisotopic (exact) mass is 406 g/mol. The lowest BCUT2D eigenvalue weighted by Gasteiger charge is -2.10. The van der Waals surface area contributed by atoms with Gasteiger partial charge in [0.15, 0.2) is 0 Å². The van der Waals surface area contributed by atoms with Crippen molar-refractivity contribution in [1.82, 2.24) is 0 Å². The van der Waals surface area contributed by atoms with E-state index < -0.39 is 0 Å². The quantitative estimate of drug-likeness (QED) is 0.369. The zero-order valence-electron chi connectivity index (χ0n) is 16.6. The fourth-order valence-corrected chi connectivity index (χ4v) is 3.57. The van der Waals surface area contributed by atoms with Crippen LogP contribution in [0.25, 0.3) is 0 Å². The van der Waals surface area contributed by atoms with Crippen molar-refractivity contribution in [2.24, 2.45) is 0 Å². The molecule has 0 bridgehead atoms. The molecule has 0 saturated heterocycles. The van der Waals surface area contributed by atoms with Crippen LogP contribution in [0.4, 0.5) is 0 Å². The Morgan fingerprint density at radius 1 is 0.759 bits per heavy atom. The van der Waals surface area contributed by atoms with E-state index in [9.17, 15) is 0 Å². The summed E-state index contributed by atoms with van der Waals surface area (Å²) in [6, 6.07) is 25.3. The molecule has 1 aliphatic carbocycles. The van der Waals surface area contributed by atoms with Crippen LogP contribution in [0, 0.1) is 0 Å². The van der Waals surface area contributed by atoms with Crippen LogP contribution in [0.15, 0.2) is 72.8 Å². The maximum absolute atomic E-state index is 6.47. The Morgan fingerprint density at radius 2 is 1.48 bits per heavy atom. The molecule has 0 radical (unpaired) electrons. The summed E-state index contributed by atoms with van der Waals surface area (Å²) in [6.07, 6.45) is 5.76. The van der Waals surface area contributed by atoms with Crippen molar-refractivity contribution in [2.75, 3.05) is 13.2 Å². The highest BCUT2D eigenvalue weighted by Gasteiger charge is 2.21. The van der Waals surface area contributed by atoms with Gasteiger partial charge in [0.1, 0.15) is 12.4 Å². The first-order valence-corrected chi connectivity index (χ1v) is 10.8. The summed E-state index contributed by atoms with van der Waals surface area (Å²) >= 11 is 6.47. The summed E-state index contributed by atoms with van der Waals surface area (Å²) in [5.74, 6) is 0.885. The molecule has 29 heavy (non-hydrogen) atoms. The molecular weight excluding hydrogens is 380 g/mol. The van der Waals surface area contributed by atoms with E-state index in [1.807, 2.05) is 18.2 Å². The third-order valence-electron chi connectivity index (χ3n) is 5.20. The maximum Gasteiger partial charge on any atom is 0.119 e. The minimum Gasteiger partial charge on any atom is -0.491 e. The van der Waals surface area contributed by atoms with Crippen molar-refractivity contribution in [2.45, 2.75) is 38.2 Å². The number of aryl methyl sites for hydroxylation is 2. The summed E-state index contributed by atoms with van der Waals surface area (Å²) in [7, 11) is 0. The van der Waals surface area contributed by atoms with Gasteiger partial charge in [-0.05, 0) is 72.6 Å². The van der Waals surface area contributed by atoms with Gasteiger partial charge < -0.3 is 9.47 Å². The van der Waals surface area contributed by atoms with E-state index in [0.717, 1.165) is 30.0 Å². The van der Waals surface area contributed by atoms with Crippen molar-refractivity contribution < 1.29 is 9.47 Å². The molecule has 3 heteroatoms. The first-order chi connectivity index (χ1) is 14.3. The second-order valence-electron chi connectivity index (χ2n) is 7.65. The fraction of sp³-hybridized carbons (Fsp3) is 0.308. The lowest BCUT2D eigenvalue weighted by molar-refractivity contribution is 0.0881. The molecule has 0 aliphatic heterocycles. The Bertz CT molecular complexity index is 902. The summed E-state index contributed by atoms with van der Waals surface area (Å²) in [6.45, 7) is 1.27. The van der Waals surface area contributed by atoms with Crippen molar-refractivity contribution in [3.05, 3.63) is 100 Å². The number of hydrogen-bond donors (Lipinski definition) is 0. The van der Waals surface area contributed by atoms with Gasteiger partial charge in [-0.1, -0.05) is 66.2 Å². The predicted molar refractivity (Wildman–Crippen MR) is 119 cm³/mol. The number of halogens is 1. The number of hydrogen-bond acceptors (Lipinski definition) is 2. The second kappa shape index (κ2) is 9.96. The fourth-order valence-electron chi connectivity index (χ4n) is 3.38. The molecule has 1 fully saturated rings. The van der Waals surface area contributed by atoms with Gasteiger partial charge in [-0.15, -0.1) is 0 Å². The molecule has 0 atom stereocenters. The molecule has 0 N–H and O–H groups in total. The zero-order chi connectivity index (χ0) is 19.9. The van der Waals surface area contributed by atoms with Gasteiger partial charge in [0, 0.05) is 5.02 Å². The highest BCUT2D eigenvalue weighted by atomic mass is 35.5. The van der Waals surface area contributed by atoms with Crippen LogP contribution in [-0.2, 0) is 24.0 Å². The summed E-state index contributed by atoms with van der Waals surface area (Å²) in [5, 5.41) is 0.825. The highest BCUT2D eigenvalue weighted by Crippen LogP contribution is 2.24. The molecule has 0 aromatic heterocycles. The van der Waals surface area contributed by atoms with E-state index >= 15 is 0 Å². The molecule has 0 spiro atoms. The molecule has 1 aliphatic rings. The van der Waals surface area contributed by atoms with Gasteiger partial charge in [0.25, 0.3) is 0 Å². The third-order valence-corrected chi connectivity index (χ3v) is 5.57. The van der Waals surface area contributed by atoms with Crippen LogP contribution in [-0.4, -0.2) is 19.3 Å². The average Bonchev–Trinajstić information content (AvgIpc) is 3.58. The van der Waals surface area contributed by atoms with E-state index in [1.165, 1.54) is 35.1 Å². The van der Waals surface area contributed by atoms with Crippen LogP contribution >= 0.6 is 11.6 Å². The van der Waals surface area contributed by atoms with Gasteiger partial charge in [0.05, 0.1) is 12.7 Å². The predicted octanol–water partition coefficient (Wildman–Crippen LogP) is 6.27. The second-order valence-corrected chi connectivity index (χ2v) is 8.06. The SMILES string of the molecule is Clc1ccc(CCc2ccccc2)cc1Cc1ccc(OCCOC2CC2)cc1. The van der Waals surface area contributed by atoms with Gasteiger partial charge >= 0.3 is 0 Å². The summed E-state index contributed by atoms with van der Waals surface area (Å²) in [4.78, 5) is 0. The minimum atomic E-state index is 0.481. The largest absolute Gasteiger partial charge is 0.491 e. The highest BCUT2D eigenvalue weighted by molar-refractivity contribution is 6.31. The molecule has 0 amide bonds. The number of rotatable bonds is 10. The topological polar surface area (TPSA) is 18.5 Å². The molecular formula is C26H27ClO2. The lowest BCUT2D eigenvalue weighted by Crippen LogP contribution is -2.07. The molecule has 3 aromatic rings. The Balaban J connectivity index is 1.31. The first kappa shape index (κ1) is 20.0. The van der Waals surface area contributed by atoms with Crippen molar-refractivity contribution >= 4 is 11.6 Å². The molecule has 150 valence electrons. The molecule has 0 unspecified atom stereocenters. The van der Waals surface area contributed by atoms with E-state index in [4.69, 9.17) is 21.1 Å². The average molecular weight is 407 g/mol. The van der Waals surface area contributed by atoms with Crippen LogP contribution in [0.2, 0.25) is 5.02 Å². The first-order valence-electron chi connectivity index (χ1n) is 10.4. The number of ether oxygens (including phenoxy) is 2. The Kier molecular flexibility index (Phi) is 6.87. The van der Waals surface area contributed by atoms with Crippen molar-refractivity contribution in [3.8, 4) is 5.75 Å². The van der Waals surface area contributed by atoms with E-state index in [0.29, 0.717) is 19.3 Å². The standard InChI is InChI=1S/C26H27ClO2/c27-26-15-10-21(7-6-20-4-2-1-3-5-20)18-23(26)19-22-8-11-24(12-9-22)28-16-17-29-25-13-14-25/h1-5,8-12,15,18,25H,6-7,13-14,16-17,19H2. The Hall–Kier alpha value is -2.29. The van der Waals surface area contributed by atoms with Gasteiger partial charge in [-0.25, -0.2) is 0 Å². The van der Waals surface area contributed by atoms with Crippen LogP contribution in [0.1, 0.15) is 35.1 Å². The van der Waals surface area contributed by atoms with Crippen molar-refractivity contribution in [3.63, 3.8) is 0 Å². The molecule has 2 nitrogen and oxygen atoms in total. The Labute approximate surface area is 178 Å². The molecule has 0 heterocycles. The van der Waals surface area contributed by atoms with Gasteiger partial charge in [-0.2, -0.15) is 0 Å². The van der Waals surface area contributed by atoms with Crippen molar-refractivity contribution in [1.29, 1.82) is 0 Å². The molecule has 4 rings (SSSR count). The zero-order valence-corrected chi connectivity index (χ0v) is 17.4. The molecule has 1 saturated carbocycles. The van der Waals surface area contributed by atoms with E-state index in [-0.39, 0.29) is 0 Å². The lowest BCUT2D eigenvalue weighted by atomic mass is 9.99. The third kappa shape index (κ3) is 6.35. The normalized spacial score (nSPS) is 13.4. The van der Waals surface area contributed by atoms with Gasteiger partial charge in [0.2, 0.25) is 0 Å². The smallest absolute Gasteiger partial charge is 0.119 e. The van der Waals surface area contributed by atoms with E-state index in [1.54, 1.807) is 0 Å². The maximum atomic E-state index is 6.47. The van der Waals surface area contributed by atoms with Crippen LogP contribution < -0.4 is 4.74 Å². The number of benzene rings is 3. The summed E-state index contributed by atoms with van der Waals surface area (Å²) < 4.78 is 11.4. The van der Waals surface area contributed by atoms with Crippen LogP contribution in [0.5, 0.6) is 5.75 Å².